The highest BCUT2D eigenvalue weighted by atomic mass is 19.4. The van der Waals surface area contributed by atoms with Gasteiger partial charge in [-0.1, -0.05) is 12.1 Å². The molecular weight excluding hydrogens is 317 g/mol. The number of nitrogens with one attached hydrogen (secondary N) is 1. The summed E-state index contributed by atoms with van der Waals surface area (Å²) in [5, 5.41) is 7.53. The van der Waals surface area contributed by atoms with Crippen LogP contribution in [-0.4, -0.2) is 47.0 Å². The van der Waals surface area contributed by atoms with E-state index in [0.29, 0.717) is 13.1 Å². The second-order valence-electron chi connectivity index (χ2n) is 6.25. The van der Waals surface area contributed by atoms with Crippen LogP contribution in [0.3, 0.4) is 0 Å². The minimum atomic E-state index is -4.10. The highest BCUT2D eigenvalue weighted by Gasteiger charge is 2.34. The van der Waals surface area contributed by atoms with Crippen molar-refractivity contribution < 1.29 is 13.2 Å². The van der Waals surface area contributed by atoms with Crippen molar-refractivity contribution in [3.05, 3.63) is 48.3 Å². The molecule has 7 heteroatoms. The second-order valence-corrected chi connectivity index (χ2v) is 6.25. The maximum atomic E-state index is 12.4. The number of rotatable bonds is 6. The van der Waals surface area contributed by atoms with Gasteiger partial charge in [0.25, 0.3) is 0 Å². The molecule has 1 aromatic carbocycles. The predicted molar refractivity (Wildman–Crippen MR) is 85.9 cm³/mol. The van der Waals surface area contributed by atoms with Crippen molar-refractivity contribution >= 4 is 0 Å². The molecule has 0 saturated carbocycles. The van der Waals surface area contributed by atoms with E-state index in [4.69, 9.17) is 0 Å². The van der Waals surface area contributed by atoms with Crippen LogP contribution in [0.15, 0.2) is 42.7 Å². The lowest BCUT2D eigenvalue weighted by Gasteiger charge is -2.18. The zero-order chi connectivity index (χ0) is 17.0. The zero-order valence-corrected chi connectivity index (χ0v) is 13.3. The first kappa shape index (κ1) is 17.0. The lowest BCUT2D eigenvalue weighted by molar-refractivity contribution is -0.143. The van der Waals surface area contributed by atoms with Gasteiger partial charge in [0.05, 0.1) is 12.2 Å². The molecule has 2 heterocycles. The summed E-state index contributed by atoms with van der Waals surface area (Å²) in [7, 11) is 0. The molecule has 130 valence electrons. The summed E-state index contributed by atoms with van der Waals surface area (Å²) in [4.78, 5) is 1.49. The largest absolute Gasteiger partial charge is 0.401 e. The smallest absolute Gasteiger partial charge is 0.312 e. The average molecular weight is 338 g/mol. The van der Waals surface area contributed by atoms with E-state index < -0.39 is 12.7 Å². The maximum absolute atomic E-state index is 12.4. The quantitative estimate of drug-likeness (QED) is 0.879. The molecule has 0 amide bonds. The van der Waals surface area contributed by atoms with E-state index >= 15 is 0 Å². The highest BCUT2D eigenvalue weighted by molar-refractivity contribution is 5.33. The third-order valence-corrected chi connectivity index (χ3v) is 4.24. The zero-order valence-electron chi connectivity index (χ0n) is 13.3. The summed E-state index contributed by atoms with van der Waals surface area (Å²) in [6, 6.07) is 9.96. The number of benzene rings is 1. The normalized spacial score (nSPS) is 19.0. The van der Waals surface area contributed by atoms with Crippen molar-refractivity contribution in [3.63, 3.8) is 0 Å². The number of hydrogen-bond donors (Lipinski definition) is 1. The van der Waals surface area contributed by atoms with Crippen LogP contribution in [0, 0.1) is 5.92 Å². The summed E-state index contributed by atoms with van der Waals surface area (Å²) in [5.74, 6) is 0.288. The van der Waals surface area contributed by atoms with Gasteiger partial charge in [-0.2, -0.15) is 18.3 Å². The van der Waals surface area contributed by atoms with Crippen LogP contribution >= 0.6 is 0 Å². The fourth-order valence-corrected chi connectivity index (χ4v) is 3.09. The first-order chi connectivity index (χ1) is 11.5. The van der Waals surface area contributed by atoms with Crippen molar-refractivity contribution in [1.29, 1.82) is 0 Å². The monoisotopic (exact) mass is 338 g/mol. The molecule has 0 spiro atoms. The fraction of sp³-hybridized carbons (Fsp3) is 0.471. The number of alkyl halides is 3. The molecule has 1 saturated heterocycles. The molecule has 3 rings (SSSR count). The van der Waals surface area contributed by atoms with Gasteiger partial charge < -0.3 is 5.32 Å². The lowest BCUT2D eigenvalue weighted by atomic mass is 10.1. The molecule has 1 atom stereocenters. The van der Waals surface area contributed by atoms with E-state index in [9.17, 15) is 13.2 Å². The summed E-state index contributed by atoms with van der Waals surface area (Å²) in [6.45, 7) is 1.72. The first-order valence-corrected chi connectivity index (χ1v) is 8.08. The van der Waals surface area contributed by atoms with E-state index in [0.717, 1.165) is 30.8 Å². The van der Waals surface area contributed by atoms with Gasteiger partial charge in [0.15, 0.2) is 0 Å². The van der Waals surface area contributed by atoms with Crippen LogP contribution in [0.4, 0.5) is 13.2 Å². The standard InChI is InChI=1S/C17H21F3N4/c18-17(19,20)13-23-9-6-15(12-23)11-21-10-14-2-4-16(5-3-14)24-8-1-7-22-24/h1-5,7-8,15,21H,6,9-13H2. The summed E-state index contributed by atoms with van der Waals surface area (Å²) >= 11 is 0. The van der Waals surface area contributed by atoms with Crippen LogP contribution in [-0.2, 0) is 6.54 Å². The van der Waals surface area contributed by atoms with Crippen molar-refractivity contribution in [2.45, 2.75) is 19.1 Å². The van der Waals surface area contributed by atoms with Crippen molar-refractivity contribution in [2.24, 2.45) is 5.92 Å². The molecular formula is C17H21F3N4. The Morgan fingerprint density at radius 2 is 2.00 bits per heavy atom. The molecule has 0 aliphatic carbocycles. The summed E-state index contributed by atoms with van der Waals surface area (Å²) in [6.07, 6.45) is 0.346. The Balaban J connectivity index is 1.41. The van der Waals surface area contributed by atoms with Gasteiger partial charge in [0.1, 0.15) is 0 Å². The van der Waals surface area contributed by atoms with Gasteiger partial charge in [-0.15, -0.1) is 0 Å². The second kappa shape index (κ2) is 7.36. The molecule has 1 fully saturated rings. The lowest BCUT2D eigenvalue weighted by Crippen LogP contribution is -2.33. The van der Waals surface area contributed by atoms with Crippen LogP contribution in [0.25, 0.3) is 5.69 Å². The van der Waals surface area contributed by atoms with E-state index in [1.54, 1.807) is 10.9 Å². The minimum absolute atomic E-state index is 0.288. The molecule has 2 aromatic rings. The van der Waals surface area contributed by atoms with Crippen LogP contribution < -0.4 is 5.32 Å². The van der Waals surface area contributed by atoms with E-state index in [1.165, 1.54) is 4.90 Å². The van der Waals surface area contributed by atoms with Gasteiger partial charge in [0.2, 0.25) is 0 Å². The Bertz CT molecular complexity index is 622. The Hall–Kier alpha value is -1.86. The Morgan fingerprint density at radius 1 is 1.21 bits per heavy atom. The van der Waals surface area contributed by atoms with Gasteiger partial charge in [-0.05, 0) is 49.2 Å². The van der Waals surface area contributed by atoms with Gasteiger partial charge in [-0.3, -0.25) is 4.90 Å². The SMILES string of the molecule is FC(F)(F)CN1CCC(CNCc2ccc(-n3cccn3)cc2)C1. The molecule has 1 unspecified atom stereocenters. The molecule has 0 bridgehead atoms. The van der Waals surface area contributed by atoms with Crippen LogP contribution in [0.1, 0.15) is 12.0 Å². The Labute approximate surface area is 139 Å². The van der Waals surface area contributed by atoms with E-state index in [1.807, 2.05) is 36.5 Å². The van der Waals surface area contributed by atoms with Gasteiger partial charge in [-0.25, -0.2) is 4.68 Å². The predicted octanol–water partition coefficient (Wildman–Crippen LogP) is 2.85. The molecule has 1 aliphatic heterocycles. The van der Waals surface area contributed by atoms with Crippen molar-refractivity contribution in [1.82, 2.24) is 20.0 Å². The molecule has 1 N–H and O–H groups in total. The number of likely N-dealkylation sites (tertiary alicyclic amines) is 1. The third-order valence-electron chi connectivity index (χ3n) is 4.24. The number of nitrogens with zero attached hydrogens (tertiary/aromatic N) is 3. The maximum Gasteiger partial charge on any atom is 0.401 e. The van der Waals surface area contributed by atoms with Gasteiger partial charge in [0, 0.05) is 25.5 Å². The van der Waals surface area contributed by atoms with Crippen molar-refractivity contribution in [3.8, 4) is 5.69 Å². The van der Waals surface area contributed by atoms with Crippen molar-refractivity contribution in [2.75, 3.05) is 26.2 Å². The molecule has 24 heavy (non-hydrogen) atoms. The Morgan fingerprint density at radius 3 is 2.67 bits per heavy atom. The first-order valence-electron chi connectivity index (χ1n) is 8.08. The van der Waals surface area contributed by atoms with Gasteiger partial charge >= 0.3 is 6.18 Å². The van der Waals surface area contributed by atoms with E-state index in [2.05, 4.69) is 10.4 Å². The molecule has 1 aliphatic rings. The topological polar surface area (TPSA) is 33.1 Å². The minimum Gasteiger partial charge on any atom is -0.312 e. The summed E-state index contributed by atoms with van der Waals surface area (Å²) < 4.78 is 38.9. The van der Waals surface area contributed by atoms with Crippen LogP contribution in [0.5, 0.6) is 0 Å². The molecule has 0 radical (unpaired) electrons. The summed E-state index contributed by atoms with van der Waals surface area (Å²) in [5.41, 5.74) is 2.15. The molecule has 4 nitrogen and oxygen atoms in total. The number of hydrogen-bond acceptors (Lipinski definition) is 3. The number of aromatic nitrogens is 2. The van der Waals surface area contributed by atoms with E-state index in [-0.39, 0.29) is 5.92 Å². The third kappa shape index (κ3) is 4.82. The number of halogens is 3. The highest BCUT2D eigenvalue weighted by Crippen LogP contribution is 2.22. The average Bonchev–Trinajstić information content (AvgIpc) is 3.18. The van der Waals surface area contributed by atoms with Crippen LogP contribution in [0.2, 0.25) is 0 Å². The molecule has 1 aromatic heterocycles. The Kier molecular flexibility index (Phi) is 5.20. The fourth-order valence-electron chi connectivity index (χ4n) is 3.09.